The molecule has 0 spiro atoms. The third kappa shape index (κ3) is 5.96. The summed E-state index contributed by atoms with van der Waals surface area (Å²) >= 11 is 6.00. The van der Waals surface area contributed by atoms with Crippen molar-refractivity contribution in [3.8, 4) is 17.0 Å². The summed E-state index contributed by atoms with van der Waals surface area (Å²) in [5, 5.41) is 15.6. The molecule has 0 bridgehead atoms. The van der Waals surface area contributed by atoms with Crippen LogP contribution in [0.2, 0.25) is 5.02 Å². The largest absolute Gasteiger partial charge is 0.506 e. The fourth-order valence-electron chi connectivity index (χ4n) is 3.48. The number of benzene rings is 2. The summed E-state index contributed by atoms with van der Waals surface area (Å²) in [6, 6.07) is 18.3. The maximum absolute atomic E-state index is 12.4. The van der Waals surface area contributed by atoms with Crippen LogP contribution in [0.3, 0.4) is 0 Å². The Bertz CT molecular complexity index is 1270. The highest BCUT2D eigenvalue weighted by molar-refractivity contribution is 6.32. The highest BCUT2D eigenvalue weighted by atomic mass is 35.5. The first kappa shape index (κ1) is 22.5. The summed E-state index contributed by atoms with van der Waals surface area (Å²) in [6.45, 7) is 1.99. The molecule has 168 valence electrons. The lowest BCUT2D eigenvalue weighted by Gasteiger charge is -2.14. The van der Waals surface area contributed by atoms with E-state index in [0.29, 0.717) is 28.2 Å². The van der Waals surface area contributed by atoms with Crippen molar-refractivity contribution in [3.63, 3.8) is 0 Å². The van der Waals surface area contributed by atoms with Gasteiger partial charge < -0.3 is 10.4 Å². The van der Waals surface area contributed by atoms with E-state index in [1.807, 2.05) is 25.1 Å². The molecule has 33 heavy (non-hydrogen) atoms. The number of carbonyl (C=O) groups excluding carboxylic acids is 1. The van der Waals surface area contributed by atoms with E-state index in [1.54, 1.807) is 30.5 Å². The Hall–Kier alpha value is -3.71. The van der Waals surface area contributed by atoms with Crippen LogP contribution >= 0.6 is 11.6 Å². The number of aryl methyl sites for hydroxylation is 1. The number of phenolic OH excluding ortho intramolecular Hbond substituents is 1. The fraction of sp³-hybridized carbons (Fsp3) is 0.200. The molecule has 0 radical (unpaired) electrons. The number of hydrogen-bond acceptors (Lipinski definition) is 5. The van der Waals surface area contributed by atoms with Crippen LogP contribution < -0.4 is 10.6 Å². The van der Waals surface area contributed by atoms with E-state index in [9.17, 15) is 9.90 Å². The van der Waals surface area contributed by atoms with Crippen LogP contribution in [0.1, 0.15) is 25.3 Å². The number of fused-ring (bicyclic) bond motifs is 1. The van der Waals surface area contributed by atoms with Crippen LogP contribution in [0, 0.1) is 0 Å². The summed E-state index contributed by atoms with van der Waals surface area (Å²) in [7, 11) is 0. The van der Waals surface area contributed by atoms with Gasteiger partial charge in [-0.2, -0.15) is 0 Å². The minimum atomic E-state index is -0.316. The second kappa shape index (κ2) is 10.3. The Labute approximate surface area is 196 Å². The number of carbonyl (C=O) groups is 1. The van der Waals surface area contributed by atoms with Gasteiger partial charge in [0.2, 0.25) is 0 Å². The molecule has 1 unspecified atom stereocenters. The van der Waals surface area contributed by atoms with E-state index in [0.717, 1.165) is 19.3 Å². The van der Waals surface area contributed by atoms with Gasteiger partial charge in [0, 0.05) is 11.6 Å². The number of aromatic hydroxyl groups is 1. The van der Waals surface area contributed by atoms with Crippen molar-refractivity contribution in [1.82, 2.24) is 20.3 Å². The predicted octanol–water partition coefficient (Wildman–Crippen LogP) is 5.58. The first-order chi connectivity index (χ1) is 16.0. The molecular weight excluding hydrogens is 438 g/mol. The minimum Gasteiger partial charge on any atom is -0.506 e. The number of rotatable bonds is 7. The van der Waals surface area contributed by atoms with E-state index in [1.165, 1.54) is 11.6 Å². The van der Waals surface area contributed by atoms with E-state index >= 15 is 0 Å². The molecule has 8 heteroatoms. The van der Waals surface area contributed by atoms with Crippen LogP contribution in [-0.2, 0) is 6.42 Å². The van der Waals surface area contributed by atoms with Crippen LogP contribution in [0.25, 0.3) is 22.4 Å². The molecule has 1 atom stereocenters. The molecule has 0 saturated carbocycles. The zero-order valence-electron chi connectivity index (χ0n) is 18.1. The third-order valence-electron chi connectivity index (χ3n) is 5.21. The summed E-state index contributed by atoms with van der Waals surface area (Å²) < 4.78 is 0. The number of nitrogens with zero attached hydrogens (tertiary/aromatic N) is 3. The molecule has 3 N–H and O–H groups in total. The number of phenols is 1. The van der Waals surface area contributed by atoms with Crippen LogP contribution in [-0.4, -0.2) is 32.1 Å². The normalized spacial score (nSPS) is 11.8. The second-order valence-corrected chi connectivity index (χ2v) is 8.25. The quantitative estimate of drug-likeness (QED) is 0.333. The molecule has 7 nitrogen and oxygen atoms in total. The van der Waals surface area contributed by atoms with Crippen molar-refractivity contribution in [1.29, 1.82) is 0 Å². The van der Waals surface area contributed by atoms with Crippen LogP contribution in [0.5, 0.6) is 5.75 Å². The van der Waals surface area contributed by atoms with Gasteiger partial charge in [0.1, 0.15) is 17.1 Å². The molecule has 2 amide bonds. The Morgan fingerprint density at radius 1 is 1.09 bits per heavy atom. The number of anilines is 1. The van der Waals surface area contributed by atoms with Gasteiger partial charge in [0.15, 0.2) is 5.65 Å². The zero-order chi connectivity index (χ0) is 23.2. The van der Waals surface area contributed by atoms with Crippen molar-refractivity contribution < 1.29 is 9.90 Å². The lowest BCUT2D eigenvalue weighted by Crippen LogP contribution is -2.36. The molecular formula is C25H24ClN5O2. The Morgan fingerprint density at radius 3 is 2.70 bits per heavy atom. The molecule has 0 fully saturated rings. The van der Waals surface area contributed by atoms with Gasteiger partial charge >= 0.3 is 6.03 Å². The highest BCUT2D eigenvalue weighted by Gasteiger charge is 2.11. The molecule has 2 heterocycles. The topological polar surface area (TPSA) is 100 Å². The van der Waals surface area contributed by atoms with Gasteiger partial charge in [-0.1, -0.05) is 41.9 Å². The first-order valence-corrected chi connectivity index (χ1v) is 11.1. The lowest BCUT2D eigenvalue weighted by molar-refractivity contribution is 0.248. The van der Waals surface area contributed by atoms with Crippen LogP contribution in [0.4, 0.5) is 10.6 Å². The number of aromatic nitrogens is 3. The number of urea groups is 1. The average molecular weight is 462 g/mol. The minimum absolute atomic E-state index is 0.000849. The zero-order valence-corrected chi connectivity index (χ0v) is 18.9. The molecule has 2 aromatic carbocycles. The van der Waals surface area contributed by atoms with Crippen molar-refractivity contribution in [2.75, 3.05) is 5.32 Å². The number of pyridine rings is 1. The van der Waals surface area contributed by atoms with E-state index < -0.39 is 0 Å². The maximum atomic E-state index is 12.4. The number of nitrogens with one attached hydrogen (secondary N) is 2. The van der Waals surface area contributed by atoms with E-state index in [4.69, 9.17) is 11.6 Å². The molecule has 2 aromatic heterocycles. The van der Waals surface area contributed by atoms with Crippen molar-refractivity contribution in [2.45, 2.75) is 32.2 Å². The van der Waals surface area contributed by atoms with E-state index in [2.05, 4.69) is 37.7 Å². The highest BCUT2D eigenvalue weighted by Crippen LogP contribution is 2.28. The van der Waals surface area contributed by atoms with E-state index in [-0.39, 0.29) is 22.8 Å². The van der Waals surface area contributed by atoms with Gasteiger partial charge in [-0.05, 0) is 62.1 Å². The second-order valence-electron chi connectivity index (χ2n) is 7.84. The SMILES string of the molecule is CC(CCCc1ccccc1)NC(=O)Nc1ccc2ncc(-c3ccc(O)c(Cl)c3)nc2n1. The van der Waals surface area contributed by atoms with Gasteiger partial charge in [0.25, 0.3) is 0 Å². The molecule has 0 aliphatic carbocycles. The molecule has 0 aliphatic heterocycles. The summed E-state index contributed by atoms with van der Waals surface area (Å²) in [4.78, 5) is 25.7. The third-order valence-corrected chi connectivity index (χ3v) is 5.52. The first-order valence-electron chi connectivity index (χ1n) is 10.7. The van der Waals surface area contributed by atoms with Crippen molar-refractivity contribution in [2.24, 2.45) is 0 Å². The number of halogens is 1. The lowest BCUT2D eigenvalue weighted by atomic mass is 10.1. The standard InChI is InChI=1S/C25H24ClN5O2/c1-16(6-5-9-17-7-3-2-4-8-17)28-25(33)31-23-13-11-20-24(30-23)29-21(15-27-20)18-10-12-22(32)19(26)14-18/h2-4,7-8,10-16,32H,5-6,9H2,1H3,(H2,28,29,30,31,33). The number of amides is 2. The molecule has 4 aromatic rings. The Balaban J connectivity index is 1.37. The molecule has 0 aliphatic rings. The van der Waals surface area contributed by atoms with Gasteiger partial charge in [0.05, 0.1) is 16.9 Å². The smallest absolute Gasteiger partial charge is 0.320 e. The van der Waals surface area contributed by atoms with Gasteiger partial charge in [-0.3, -0.25) is 10.3 Å². The fourth-order valence-corrected chi connectivity index (χ4v) is 3.66. The Kier molecular flexibility index (Phi) is 7.00. The van der Waals surface area contributed by atoms with Crippen LogP contribution in [0.15, 0.2) is 66.9 Å². The summed E-state index contributed by atoms with van der Waals surface area (Å²) in [5.74, 6) is 0.380. The van der Waals surface area contributed by atoms with Crippen molar-refractivity contribution >= 4 is 34.6 Å². The molecule has 4 rings (SSSR count). The van der Waals surface area contributed by atoms with Gasteiger partial charge in [-0.25, -0.2) is 14.8 Å². The Morgan fingerprint density at radius 2 is 1.91 bits per heavy atom. The summed E-state index contributed by atoms with van der Waals surface area (Å²) in [6.07, 6.45) is 4.45. The predicted molar refractivity (Wildman–Crippen MR) is 130 cm³/mol. The summed E-state index contributed by atoms with van der Waals surface area (Å²) in [5.41, 5.74) is 3.55. The average Bonchev–Trinajstić information content (AvgIpc) is 2.81. The maximum Gasteiger partial charge on any atom is 0.320 e. The van der Waals surface area contributed by atoms with Crippen molar-refractivity contribution in [3.05, 3.63) is 77.4 Å². The monoisotopic (exact) mass is 461 g/mol. The number of hydrogen-bond donors (Lipinski definition) is 3. The van der Waals surface area contributed by atoms with Gasteiger partial charge in [-0.15, -0.1) is 0 Å². The molecule has 0 saturated heterocycles.